The highest BCUT2D eigenvalue weighted by molar-refractivity contribution is 5.96. The van der Waals surface area contributed by atoms with Crippen molar-refractivity contribution in [3.63, 3.8) is 0 Å². The van der Waals surface area contributed by atoms with Gasteiger partial charge in [0.25, 0.3) is 0 Å². The zero-order chi connectivity index (χ0) is 15.2. The van der Waals surface area contributed by atoms with Crippen LogP contribution >= 0.6 is 0 Å². The van der Waals surface area contributed by atoms with Crippen molar-refractivity contribution < 1.29 is 5.11 Å². The summed E-state index contributed by atoms with van der Waals surface area (Å²) in [5.74, 6) is 0.453. The highest BCUT2D eigenvalue weighted by Gasteiger charge is 2.16. The first-order chi connectivity index (χ1) is 9.90. The number of nitrogens with zero attached hydrogens (tertiary/aromatic N) is 3. The Morgan fingerprint density at radius 1 is 1.24 bits per heavy atom. The molecule has 1 aromatic carbocycles. The van der Waals surface area contributed by atoms with E-state index in [0.717, 1.165) is 21.9 Å². The zero-order valence-corrected chi connectivity index (χ0v) is 12.6. The highest BCUT2D eigenvalue weighted by atomic mass is 16.3. The van der Waals surface area contributed by atoms with E-state index < -0.39 is 0 Å². The number of aliphatic hydroxyl groups is 1. The van der Waals surface area contributed by atoms with Crippen LogP contribution in [0.1, 0.15) is 26.3 Å². The molecule has 0 radical (unpaired) electrons. The standard InChI is InChI=1S/C16H20N4O/c1-16(2,3)11-4-5-13-10(8-11)9-12-14(17)19-20(6-7-21)15(12)18-13/h4-5,8-9,21H,6-7H2,1-3H3,(H2,17,19). The summed E-state index contributed by atoms with van der Waals surface area (Å²) < 4.78 is 1.65. The summed E-state index contributed by atoms with van der Waals surface area (Å²) in [4.78, 5) is 4.65. The molecule has 2 heterocycles. The number of rotatable bonds is 2. The summed E-state index contributed by atoms with van der Waals surface area (Å²) in [5, 5.41) is 15.2. The number of hydrogen-bond acceptors (Lipinski definition) is 4. The molecule has 3 N–H and O–H groups in total. The second kappa shape index (κ2) is 4.70. The number of aliphatic hydroxyl groups excluding tert-OH is 1. The van der Waals surface area contributed by atoms with Gasteiger partial charge in [0.05, 0.1) is 24.1 Å². The second-order valence-electron chi connectivity index (χ2n) is 6.35. The van der Waals surface area contributed by atoms with E-state index in [1.807, 2.05) is 12.1 Å². The molecule has 5 heteroatoms. The van der Waals surface area contributed by atoms with E-state index in [-0.39, 0.29) is 12.0 Å². The number of aromatic nitrogens is 3. The summed E-state index contributed by atoms with van der Waals surface area (Å²) in [6, 6.07) is 8.33. The number of nitrogens with two attached hydrogens (primary N) is 1. The van der Waals surface area contributed by atoms with Crippen LogP contribution in [0, 0.1) is 0 Å². The van der Waals surface area contributed by atoms with Gasteiger partial charge in [0.15, 0.2) is 11.5 Å². The first kappa shape index (κ1) is 13.8. The smallest absolute Gasteiger partial charge is 0.160 e. The molecular formula is C16H20N4O. The predicted molar refractivity (Wildman–Crippen MR) is 85.2 cm³/mol. The minimum Gasteiger partial charge on any atom is -0.394 e. The van der Waals surface area contributed by atoms with E-state index in [1.165, 1.54) is 5.56 Å². The average Bonchev–Trinajstić information content (AvgIpc) is 2.72. The van der Waals surface area contributed by atoms with Gasteiger partial charge in [-0.1, -0.05) is 26.8 Å². The third-order valence-corrected chi connectivity index (χ3v) is 3.72. The van der Waals surface area contributed by atoms with Crippen molar-refractivity contribution in [3.8, 4) is 0 Å². The van der Waals surface area contributed by atoms with Crippen molar-refractivity contribution in [2.45, 2.75) is 32.7 Å². The fourth-order valence-electron chi connectivity index (χ4n) is 2.50. The molecular weight excluding hydrogens is 264 g/mol. The molecule has 0 bridgehead atoms. The fourth-order valence-corrected chi connectivity index (χ4v) is 2.50. The van der Waals surface area contributed by atoms with E-state index in [9.17, 15) is 0 Å². The maximum absolute atomic E-state index is 9.10. The fraction of sp³-hybridized carbons (Fsp3) is 0.375. The van der Waals surface area contributed by atoms with Crippen LogP contribution in [0.5, 0.6) is 0 Å². The van der Waals surface area contributed by atoms with Crippen molar-refractivity contribution in [2.75, 3.05) is 12.3 Å². The van der Waals surface area contributed by atoms with Gasteiger partial charge < -0.3 is 10.8 Å². The topological polar surface area (TPSA) is 77.0 Å². The number of nitrogen functional groups attached to an aromatic ring is 1. The molecule has 0 aliphatic carbocycles. The zero-order valence-electron chi connectivity index (χ0n) is 12.6. The Morgan fingerprint density at radius 2 is 2.00 bits per heavy atom. The molecule has 2 aromatic heterocycles. The Hall–Kier alpha value is -2.14. The SMILES string of the molecule is CC(C)(C)c1ccc2nc3c(cc2c1)c(N)nn3CCO. The summed E-state index contributed by atoms with van der Waals surface area (Å²) >= 11 is 0. The molecule has 0 saturated heterocycles. The third kappa shape index (κ3) is 2.34. The lowest BCUT2D eigenvalue weighted by molar-refractivity contribution is 0.271. The van der Waals surface area contributed by atoms with Crippen LogP contribution in [0.3, 0.4) is 0 Å². The normalized spacial score (nSPS) is 12.4. The Balaban J connectivity index is 2.26. The second-order valence-corrected chi connectivity index (χ2v) is 6.35. The van der Waals surface area contributed by atoms with Gasteiger partial charge in [0, 0.05) is 5.39 Å². The van der Waals surface area contributed by atoms with Crippen LogP contribution in [0.4, 0.5) is 5.82 Å². The van der Waals surface area contributed by atoms with Crippen molar-refractivity contribution in [1.82, 2.24) is 14.8 Å². The molecule has 21 heavy (non-hydrogen) atoms. The van der Waals surface area contributed by atoms with E-state index in [0.29, 0.717) is 12.4 Å². The highest BCUT2D eigenvalue weighted by Crippen LogP contribution is 2.28. The van der Waals surface area contributed by atoms with Crippen LogP contribution in [0.15, 0.2) is 24.3 Å². The van der Waals surface area contributed by atoms with Gasteiger partial charge in [0.2, 0.25) is 0 Å². The number of anilines is 1. The molecule has 0 fully saturated rings. The van der Waals surface area contributed by atoms with Crippen LogP contribution in [-0.4, -0.2) is 26.5 Å². The van der Waals surface area contributed by atoms with Gasteiger partial charge in [0.1, 0.15) is 0 Å². The van der Waals surface area contributed by atoms with E-state index in [1.54, 1.807) is 4.68 Å². The maximum Gasteiger partial charge on any atom is 0.160 e. The van der Waals surface area contributed by atoms with Crippen LogP contribution in [0.25, 0.3) is 21.9 Å². The van der Waals surface area contributed by atoms with Crippen LogP contribution < -0.4 is 5.73 Å². The van der Waals surface area contributed by atoms with E-state index in [2.05, 4.69) is 43.0 Å². The first-order valence-corrected chi connectivity index (χ1v) is 7.08. The average molecular weight is 284 g/mol. The lowest BCUT2D eigenvalue weighted by atomic mass is 9.86. The molecule has 0 amide bonds. The van der Waals surface area contributed by atoms with Crippen molar-refractivity contribution in [1.29, 1.82) is 0 Å². The Bertz CT molecular complexity index is 814. The molecule has 0 atom stereocenters. The number of hydrogen-bond donors (Lipinski definition) is 2. The van der Waals surface area contributed by atoms with E-state index in [4.69, 9.17) is 10.8 Å². The molecule has 0 spiro atoms. The van der Waals surface area contributed by atoms with Crippen molar-refractivity contribution in [2.24, 2.45) is 0 Å². The molecule has 3 rings (SSSR count). The van der Waals surface area contributed by atoms with Gasteiger partial charge >= 0.3 is 0 Å². The van der Waals surface area contributed by atoms with Gasteiger partial charge in [-0.3, -0.25) is 0 Å². The summed E-state index contributed by atoms with van der Waals surface area (Å²) in [5.41, 5.74) is 8.95. The molecule has 5 nitrogen and oxygen atoms in total. The van der Waals surface area contributed by atoms with Gasteiger partial charge in [-0.05, 0) is 29.2 Å². The molecule has 0 saturated carbocycles. The minimum absolute atomic E-state index is 0.0128. The lowest BCUT2D eigenvalue weighted by Crippen LogP contribution is -2.10. The molecule has 0 aliphatic heterocycles. The van der Waals surface area contributed by atoms with Crippen molar-refractivity contribution in [3.05, 3.63) is 29.8 Å². The predicted octanol–water partition coefficient (Wildman–Crippen LogP) is 2.46. The lowest BCUT2D eigenvalue weighted by Gasteiger charge is -2.19. The number of pyridine rings is 1. The third-order valence-electron chi connectivity index (χ3n) is 3.72. The van der Waals surface area contributed by atoms with E-state index >= 15 is 0 Å². The Kier molecular flexibility index (Phi) is 3.10. The van der Waals surface area contributed by atoms with Gasteiger partial charge in [-0.2, -0.15) is 5.10 Å². The summed E-state index contributed by atoms with van der Waals surface area (Å²) in [6.07, 6.45) is 0. The molecule has 0 unspecified atom stereocenters. The Labute approximate surface area is 123 Å². The maximum atomic E-state index is 9.10. The summed E-state index contributed by atoms with van der Waals surface area (Å²) in [7, 11) is 0. The quantitative estimate of drug-likeness (QED) is 0.758. The van der Waals surface area contributed by atoms with Gasteiger partial charge in [-0.15, -0.1) is 0 Å². The molecule has 0 aliphatic rings. The van der Waals surface area contributed by atoms with Crippen molar-refractivity contribution >= 4 is 27.8 Å². The first-order valence-electron chi connectivity index (χ1n) is 7.08. The number of fused-ring (bicyclic) bond motifs is 2. The monoisotopic (exact) mass is 284 g/mol. The minimum atomic E-state index is 0.0128. The Morgan fingerprint density at radius 3 is 2.67 bits per heavy atom. The molecule has 110 valence electrons. The number of benzene rings is 1. The molecule has 3 aromatic rings. The van der Waals surface area contributed by atoms with Crippen LogP contribution in [-0.2, 0) is 12.0 Å². The van der Waals surface area contributed by atoms with Gasteiger partial charge in [-0.25, -0.2) is 9.67 Å². The van der Waals surface area contributed by atoms with Crippen LogP contribution in [0.2, 0.25) is 0 Å². The summed E-state index contributed by atoms with van der Waals surface area (Å²) in [6.45, 7) is 6.97. The largest absolute Gasteiger partial charge is 0.394 e.